The molecule has 2 aromatic carbocycles. The van der Waals surface area contributed by atoms with Crippen LogP contribution < -0.4 is 15.0 Å². The van der Waals surface area contributed by atoms with Crippen LogP contribution in [0.1, 0.15) is 31.7 Å². The maximum absolute atomic E-state index is 12.7. The van der Waals surface area contributed by atoms with Crippen LogP contribution in [-0.4, -0.2) is 42.3 Å². The van der Waals surface area contributed by atoms with Gasteiger partial charge in [-0.3, -0.25) is 4.79 Å². The second kappa shape index (κ2) is 10.3. The quantitative estimate of drug-likeness (QED) is 0.575. The standard InChI is InChI=1S/C25H30N4O3/c1-18(8-9-19-6-4-3-5-7-19)26-24(30)21-14-16-29(17-15-21)25-27-23(28-32-25)20-10-12-22(31-2)13-11-20/h3-7,10-13,18,21H,8-9,14-17H2,1-2H3,(H,26,30)/t18-/m0/s1. The molecule has 1 N–H and O–H groups in total. The Labute approximate surface area is 188 Å². The van der Waals surface area contributed by atoms with E-state index in [9.17, 15) is 4.79 Å². The molecule has 0 spiro atoms. The first-order valence-corrected chi connectivity index (χ1v) is 11.2. The average Bonchev–Trinajstić information content (AvgIpc) is 3.34. The van der Waals surface area contributed by atoms with Crippen molar-refractivity contribution >= 4 is 11.9 Å². The van der Waals surface area contributed by atoms with Crippen LogP contribution in [0.5, 0.6) is 5.75 Å². The number of carbonyl (C=O) groups excluding carboxylic acids is 1. The minimum absolute atomic E-state index is 0.0226. The number of rotatable bonds is 8. The van der Waals surface area contributed by atoms with Crippen molar-refractivity contribution in [1.82, 2.24) is 15.5 Å². The van der Waals surface area contributed by atoms with Crippen molar-refractivity contribution in [3.63, 3.8) is 0 Å². The van der Waals surface area contributed by atoms with Crippen LogP contribution in [0.3, 0.4) is 0 Å². The number of amides is 1. The molecule has 0 bridgehead atoms. The van der Waals surface area contributed by atoms with Gasteiger partial charge in [0.1, 0.15) is 5.75 Å². The zero-order valence-corrected chi connectivity index (χ0v) is 18.7. The number of nitrogens with zero attached hydrogens (tertiary/aromatic N) is 3. The number of hydrogen-bond acceptors (Lipinski definition) is 6. The summed E-state index contributed by atoms with van der Waals surface area (Å²) >= 11 is 0. The highest BCUT2D eigenvalue weighted by Crippen LogP contribution is 2.26. The van der Waals surface area contributed by atoms with E-state index in [0.717, 1.165) is 50.1 Å². The molecular weight excluding hydrogens is 404 g/mol. The fourth-order valence-corrected chi connectivity index (χ4v) is 3.99. The van der Waals surface area contributed by atoms with E-state index in [2.05, 4.69) is 51.5 Å². The molecule has 1 atom stereocenters. The largest absolute Gasteiger partial charge is 0.497 e. The van der Waals surface area contributed by atoms with Crippen LogP contribution in [0.15, 0.2) is 59.1 Å². The van der Waals surface area contributed by atoms with Gasteiger partial charge in [-0.1, -0.05) is 35.5 Å². The molecule has 32 heavy (non-hydrogen) atoms. The summed E-state index contributed by atoms with van der Waals surface area (Å²) in [6.07, 6.45) is 3.45. The fraction of sp³-hybridized carbons (Fsp3) is 0.400. The van der Waals surface area contributed by atoms with Gasteiger partial charge in [-0.15, -0.1) is 0 Å². The van der Waals surface area contributed by atoms with Gasteiger partial charge >= 0.3 is 6.01 Å². The van der Waals surface area contributed by atoms with Crippen LogP contribution >= 0.6 is 0 Å². The first-order chi connectivity index (χ1) is 15.6. The van der Waals surface area contributed by atoms with Gasteiger partial charge in [-0.2, -0.15) is 4.98 Å². The van der Waals surface area contributed by atoms with Gasteiger partial charge in [0.15, 0.2) is 0 Å². The molecule has 7 nitrogen and oxygen atoms in total. The lowest BCUT2D eigenvalue weighted by Crippen LogP contribution is -2.43. The zero-order valence-electron chi connectivity index (χ0n) is 18.7. The van der Waals surface area contributed by atoms with Gasteiger partial charge in [-0.05, 0) is 62.4 Å². The number of benzene rings is 2. The van der Waals surface area contributed by atoms with Gasteiger partial charge in [0, 0.05) is 30.6 Å². The zero-order chi connectivity index (χ0) is 22.3. The molecule has 2 heterocycles. The van der Waals surface area contributed by atoms with E-state index in [1.807, 2.05) is 30.3 Å². The second-order valence-corrected chi connectivity index (χ2v) is 8.32. The first kappa shape index (κ1) is 21.9. The second-order valence-electron chi connectivity index (χ2n) is 8.32. The summed E-state index contributed by atoms with van der Waals surface area (Å²) < 4.78 is 10.7. The predicted molar refractivity (Wildman–Crippen MR) is 124 cm³/mol. The van der Waals surface area contributed by atoms with E-state index >= 15 is 0 Å². The van der Waals surface area contributed by atoms with Crippen LogP contribution in [0.4, 0.5) is 6.01 Å². The molecule has 0 unspecified atom stereocenters. The Bertz CT molecular complexity index is 996. The van der Waals surface area contributed by atoms with E-state index in [1.54, 1.807) is 7.11 Å². The number of aryl methyl sites for hydroxylation is 1. The highest BCUT2D eigenvalue weighted by Gasteiger charge is 2.28. The van der Waals surface area contributed by atoms with Crippen molar-refractivity contribution in [2.24, 2.45) is 5.92 Å². The smallest absolute Gasteiger partial charge is 0.324 e. The van der Waals surface area contributed by atoms with Gasteiger partial charge in [0.2, 0.25) is 11.7 Å². The van der Waals surface area contributed by atoms with Gasteiger partial charge in [0.25, 0.3) is 0 Å². The molecular formula is C25H30N4O3. The van der Waals surface area contributed by atoms with Crippen molar-refractivity contribution in [3.05, 3.63) is 60.2 Å². The summed E-state index contributed by atoms with van der Waals surface area (Å²) in [5, 5.41) is 7.30. The topological polar surface area (TPSA) is 80.5 Å². The third kappa shape index (κ3) is 5.46. The van der Waals surface area contributed by atoms with Crippen molar-refractivity contribution in [2.45, 2.75) is 38.6 Å². The van der Waals surface area contributed by atoms with Gasteiger partial charge < -0.3 is 19.5 Å². The molecule has 7 heteroatoms. The summed E-state index contributed by atoms with van der Waals surface area (Å²) in [6, 6.07) is 18.6. The molecule has 1 amide bonds. The van der Waals surface area contributed by atoms with E-state index in [-0.39, 0.29) is 17.9 Å². The molecule has 1 saturated heterocycles. The number of piperidine rings is 1. The molecule has 1 fully saturated rings. The molecule has 1 aromatic heterocycles. The molecule has 0 saturated carbocycles. The number of anilines is 1. The number of methoxy groups -OCH3 is 1. The van der Waals surface area contributed by atoms with Crippen molar-refractivity contribution in [3.8, 4) is 17.1 Å². The molecule has 3 aromatic rings. The third-order valence-electron chi connectivity index (χ3n) is 6.00. The Morgan fingerprint density at radius 3 is 2.56 bits per heavy atom. The predicted octanol–water partition coefficient (Wildman–Crippen LogP) is 4.10. The van der Waals surface area contributed by atoms with Crippen molar-refractivity contribution < 1.29 is 14.1 Å². The highest BCUT2D eigenvalue weighted by atomic mass is 16.5. The molecule has 1 aliphatic rings. The Hall–Kier alpha value is -3.35. The van der Waals surface area contributed by atoms with Crippen LogP contribution in [-0.2, 0) is 11.2 Å². The maximum Gasteiger partial charge on any atom is 0.324 e. The lowest BCUT2D eigenvalue weighted by molar-refractivity contribution is -0.126. The average molecular weight is 435 g/mol. The van der Waals surface area contributed by atoms with Crippen LogP contribution in [0, 0.1) is 5.92 Å². The Balaban J connectivity index is 1.24. The molecule has 4 rings (SSSR count). The van der Waals surface area contributed by atoms with Crippen molar-refractivity contribution in [2.75, 3.05) is 25.1 Å². The lowest BCUT2D eigenvalue weighted by atomic mass is 9.95. The van der Waals surface area contributed by atoms with E-state index in [1.165, 1.54) is 5.56 Å². The molecule has 0 radical (unpaired) electrons. The normalized spacial score (nSPS) is 15.4. The number of carbonyl (C=O) groups is 1. The SMILES string of the molecule is COc1ccc(-c2noc(N3CCC(C(=O)N[C@@H](C)CCc4ccccc4)CC3)n2)cc1. The molecule has 1 aliphatic heterocycles. The summed E-state index contributed by atoms with van der Waals surface area (Å²) in [5.41, 5.74) is 2.18. The summed E-state index contributed by atoms with van der Waals surface area (Å²) in [7, 11) is 1.64. The third-order valence-corrected chi connectivity index (χ3v) is 6.00. The maximum atomic E-state index is 12.7. The van der Waals surface area contributed by atoms with Crippen LogP contribution in [0.2, 0.25) is 0 Å². The number of hydrogen-bond donors (Lipinski definition) is 1. The van der Waals surface area contributed by atoms with E-state index in [4.69, 9.17) is 9.26 Å². The minimum Gasteiger partial charge on any atom is -0.497 e. The summed E-state index contributed by atoms with van der Waals surface area (Å²) in [5.74, 6) is 1.51. The fourth-order valence-electron chi connectivity index (χ4n) is 3.99. The summed E-state index contributed by atoms with van der Waals surface area (Å²) in [4.78, 5) is 19.3. The number of aromatic nitrogens is 2. The van der Waals surface area contributed by atoms with E-state index < -0.39 is 0 Å². The monoisotopic (exact) mass is 434 g/mol. The summed E-state index contributed by atoms with van der Waals surface area (Å²) in [6.45, 7) is 3.52. The number of ether oxygens (including phenoxy) is 1. The molecule has 0 aliphatic carbocycles. The Kier molecular flexibility index (Phi) is 7.04. The first-order valence-electron chi connectivity index (χ1n) is 11.2. The Morgan fingerprint density at radius 1 is 1.16 bits per heavy atom. The van der Waals surface area contributed by atoms with Crippen molar-refractivity contribution in [1.29, 1.82) is 0 Å². The lowest BCUT2D eigenvalue weighted by Gasteiger charge is -2.30. The Morgan fingerprint density at radius 2 is 1.88 bits per heavy atom. The van der Waals surface area contributed by atoms with Gasteiger partial charge in [0.05, 0.1) is 7.11 Å². The highest BCUT2D eigenvalue weighted by molar-refractivity contribution is 5.79. The van der Waals surface area contributed by atoms with Crippen LogP contribution in [0.25, 0.3) is 11.4 Å². The van der Waals surface area contributed by atoms with Gasteiger partial charge in [-0.25, -0.2) is 0 Å². The number of nitrogens with one attached hydrogen (secondary N) is 1. The molecule has 168 valence electrons. The minimum atomic E-state index is 0.0226. The van der Waals surface area contributed by atoms with E-state index in [0.29, 0.717) is 11.8 Å².